The van der Waals surface area contributed by atoms with E-state index in [1.165, 1.54) is 6.20 Å². The Morgan fingerprint density at radius 3 is 2.42 bits per heavy atom. The third-order valence-electron chi connectivity index (χ3n) is 5.87. The van der Waals surface area contributed by atoms with E-state index in [9.17, 15) is 9.59 Å². The summed E-state index contributed by atoms with van der Waals surface area (Å²) in [5, 5.41) is 9.31. The molecule has 3 amide bonds. The molecule has 1 saturated heterocycles. The van der Waals surface area contributed by atoms with Crippen molar-refractivity contribution >= 4 is 35.0 Å². The predicted octanol–water partition coefficient (Wildman–Crippen LogP) is 4.73. The molecule has 1 fully saturated rings. The lowest BCUT2D eigenvalue weighted by molar-refractivity contribution is 0.102. The molecule has 3 aromatic rings. The number of anilines is 2. The first-order valence-electron chi connectivity index (χ1n) is 10.8. The van der Waals surface area contributed by atoms with Crippen LogP contribution >= 0.6 is 11.6 Å². The highest BCUT2D eigenvalue weighted by molar-refractivity contribution is 6.30. The number of nitrogens with one attached hydrogen (secondary N) is 3. The van der Waals surface area contributed by atoms with Gasteiger partial charge in [-0.05, 0) is 55.8 Å². The molecule has 3 N–H and O–H groups in total. The highest BCUT2D eigenvalue weighted by Gasteiger charge is 2.36. The molecule has 33 heavy (non-hydrogen) atoms. The van der Waals surface area contributed by atoms with Crippen molar-refractivity contribution < 1.29 is 9.59 Å². The van der Waals surface area contributed by atoms with E-state index in [2.05, 4.69) is 45.0 Å². The van der Waals surface area contributed by atoms with Gasteiger partial charge < -0.3 is 20.9 Å². The average molecular weight is 464 g/mol. The summed E-state index contributed by atoms with van der Waals surface area (Å²) >= 11 is 5.84. The first-order chi connectivity index (χ1) is 15.9. The SMILES string of the molecule is CN1CCC(NC(=O)Nc2cccc(C(=O)Nc3ccc(Cl)cn3)c2)(c2ccccc2)CC1. The van der Waals surface area contributed by atoms with Crippen LogP contribution in [0.15, 0.2) is 72.9 Å². The van der Waals surface area contributed by atoms with Crippen molar-refractivity contribution in [3.63, 3.8) is 0 Å². The molecule has 0 spiro atoms. The Morgan fingerprint density at radius 1 is 0.970 bits per heavy atom. The maximum Gasteiger partial charge on any atom is 0.319 e. The van der Waals surface area contributed by atoms with Crippen LogP contribution in [0.2, 0.25) is 5.02 Å². The quantitative estimate of drug-likeness (QED) is 0.510. The molecule has 1 aliphatic heterocycles. The molecular formula is C25H26ClN5O2. The molecule has 7 nitrogen and oxygen atoms in total. The molecule has 1 aromatic heterocycles. The smallest absolute Gasteiger partial charge is 0.319 e. The molecule has 0 bridgehead atoms. The number of likely N-dealkylation sites (tertiary alicyclic amines) is 1. The van der Waals surface area contributed by atoms with E-state index in [1.807, 2.05) is 18.2 Å². The van der Waals surface area contributed by atoms with E-state index in [0.717, 1.165) is 31.5 Å². The molecular weight excluding hydrogens is 438 g/mol. The molecule has 0 aliphatic carbocycles. The summed E-state index contributed by atoms with van der Waals surface area (Å²) < 4.78 is 0. The van der Waals surface area contributed by atoms with Gasteiger partial charge in [0.25, 0.3) is 5.91 Å². The third kappa shape index (κ3) is 5.69. The molecule has 0 radical (unpaired) electrons. The lowest BCUT2D eigenvalue weighted by Crippen LogP contribution is -2.53. The molecule has 0 saturated carbocycles. The van der Waals surface area contributed by atoms with E-state index in [0.29, 0.717) is 22.1 Å². The molecule has 0 atom stereocenters. The average Bonchev–Trinajstić information content (AvgIpc) is 2.83. The second-order valence-corrected chi connectivity index (χ2v) is 8.66. The fraction of sp³-hybridized carbons (Fsp3) is 0.240. The normalized spacial score (nSPS) is 15.5. The number of pyridine rings is 1. The van der Waals surface area contributed by atoms with Gasteiger partial charge in [-0.3, -0.25) is 4.79 Å². The summed E-state index contributed by atoms with van der Waals surface area (Å²) in [5.41, 5.74) is 1.59. The van der Waals surface area contributed by atoms with Crippen molar-refractivity contribution in [2.24, 2.45) is 0 Å². The van der Waals surface area contributed by atoms with Gasteiger partial charge in [-0.2, -0.15) is 0 Å². The first kappa shape index (κ1) is 22.8. The molecule has 0 unspecified atom stereocenters. The minimum atomic E-state index is -0.437. The predicted molar refractivity (Wildman–Crippen MR) is 131 cm³/mol. The van der Waals surface area contributed by atoms with Gasteiger partial charge in [0.05, 0.1) is 10.6 Å². The van der Waals surface area contributed by atoms with Crippen LogP contribution in [0.4, 0.5) is 16.3 Å². The summed E-state index contributed by atoms with van der Waals surface area (Å²) in [4.78, 5) is 31.9. The molecule has 170 valence electrons. The number of carbonyl (C=O) groups excluding carboxylic acids is 2. The zero-order valence-corrected chi connectivity index (χ0v) is 19.1. The number of nitrogens with zero attached hydrogens (tertiary/aromatic N) is 2. The minimum Gasteiger partial charge on any atom is -0.328 e. The largest absolute Gasteiger partial charge is 0.328 e. The van der Waals surface area contributed by atoms with Crippen LogP contribution in [0.5, 0.6) is 0 Å². The minimum absolute atomic E-state index is 0.305. The summed E-state index contributed by atoms with van der Waals surface area (Å²) in [6, 6.07) is 19.8. The molecule has 1 aliphatic rings. The van der Waals surface area contributed by atoms with Crippen molar-refractivity contribution in [2.45, 2.75) is 18.4 Å². The van der Waals surface area contributed by atoms with Crippen LogP contribution in [-0.2, 0) is 5.54 Å². The van der Waals surface area contributed by atoms with Gasteiger partial charge in [0, 0.05) is 30.5 Å². The zero-order valence-electron chi connectivity index (χ0n) is 18.3. The van der Waals surface area contributed by atoms with E-state index >= 15 is 0 Å². The van der Waals surface area contributed by atoms with Gasteiger partial charge in [0.2, 0.25) is 0 Å². The monoisotopic (exact) mass is 463 g/mol. The lowest BCUT2D eigenvalue weighted by Gasteiger charge is -2.41. The molecule has 2 aromatic carbocycles. The van der Waals surface area contributed by atoms with Gasteiger partial charge >= 0.3 is 6.03 Å². The number of hydrogen-bond acceptors (Lipinski definition) is 4. The van der Waals surface area contributed by atoms with E-state index in [-0.39, 0.29) is 11.9 Å². The second-order valence-electron chi connectivity index (χ2n) is 8.23. The number of carbonyl (C=O) groups is 2. The fourth-order valence-electron chi connectivity index (χ4n) is 4.00. The molecule has 8 heteroatoms. The van der Waals surface area contributed by atoms with Crippen LogP contribution < -0.4 is 16.0 Å². The van der Waals surface area contributed by atoms with E-state index < -0.39 is 5.54 Å². The number of halogens is 1. The number of aromatic nitrogens is 1. The van der Waals surface area contributed by atoms with Gasteiger partial charge in [0.1, 0.15) is 5.82 Å². The Balaban J connectivity index is 1.45. The van der Waals surface area contributed by atoms with Crippen molar-refractivity contribution in [2.75, 3.05) is 30.8 Å². The molecule has 2 heterocycles. The van der Waals surface area contributed by atoms with Crippen molar-refractivity contribution in [3.05, 3.63) is 89.1 Å². The number of rotatable bonds is 5. The van der Waals surface area contributed by atoms with E-state index in [1.54, 1.807) is 36.4 Å². The van der Waals surface area contributed by atoms with Crippen molar-refractivity contribution in [1.29, 1.82) is 0 Å². The van der Waals surface area contributed by atoms with Crippen LogP contribution in [0.25, 0.3) is 0 Å². The number of benzene rings is 2. The van der Waals surface area contributed by atoms with Crippen molar-refractivity contribution in [1.82, 2.24) is 15.2 Å². The zero-order chi connectivity index (χ0) is 23.3. The highest BCUT2D eigenvalue weighted by Crippen LogP contribution is 2.32. The first-order valence-corrected chi connectivity index (χ1v) is 11.2. The van der Waals surface area contributed by atoms with Gasteiger partial charge in [-0.25, -0.2) is 9.78 Å². The Labute approximate surface area is 198 Å². The van der Waals surface area contributed by atoms with Crippen LogP contribution in [0.1, 0.15) is 28.8 Å². The van der Waals surface area contributed by atoms with Gasteiger partial charge in [-0.15, -0.1) is 0 Å². The molecule has 4 rings (SSSR count). The number of amides is 3. The number of urea groups is 1. The van der Waals surface area contributed by atoms with Crippen molar-refractivity contribution in [3.8, 4) is 0 Å². The fourth-order valence-corrected chi connectivity index (χ4v) is 4.11. The van der Waals surface area contributed by atoms with E-state index in [4.69, 9.17) is 11.6 Å². The highest BCUT2D eigenvalue weighted by atomic mass is 35.5. The van der Waals surface area contributed by atoms with Gasteiger partial charge in [-0.1, -0.05) is 48.0 Å². The lowest BCUT2D eigenvalue weighted by atomic mass is 9.81. The Hall–Kier alpha value is -3.42. The summed E-state index contributed by atoms with van der Waals surface area (Å²) in [6.45, 7) is 1.78. The summed E-state index contributed by atoms with van der Waals surface area (Å²) in [7, 11) is 2.09. The standard InChI is InChI=1S/C25H26ClN5O2/c1-31-14-12-25(13-15-31,19-7-3-2-4-8-19)30-24(33)28-21-9-5-6-18(16-21)23(32)29-22-11-10-20(26)17-27-22/h2-11,16-17H,12-15H2,1H3,(H,27,29,32)(H2,28,30,33). The third-order valence-corrected chi connectivity index (χ3v) is 6.09. The topological polar surface area (TPSA) is 86.4 Å². The van der Waals surface area contributed by atoms with Gasteiger partial charge in [0.15, 0.2) is 0 Å². The number of piperidine rings is 1. The van der Waals surface area contributed by atoms with Crippen LogP contribution in [-0.4, -0.2) is 42.0 Å². The Morgan fingerprint density at radius 2 is 1.73 bits per heavy atom. The van der Waals surface area contributed by atoms with Crippen LogP contribution in [0, 0.1) is 0 Å². The Bertz CT molecular complexity index is 1110. The maximum absolute atomic E-state index is 13.0. The maximum atomic E-state index is 13.0. The number of hydrogen-bond donors (Lipinski definition) is 3. The van der Waals surface area contributed by atoms with Crippen LogP contribution in [0.3, 0.4) is 0 Å². The second kappa shape index (κ2) is 10.0. The Kier molecular flexibility index (Phi) is 6.91. The summed E-state index contributed by atoms with van der Waals surface area (Å²) in [6.07, 6.45) is 3.10. The summed E-state index contributed by atoms with van der Waals surface area (Å²) in [5.74, 6) is 0.0672.